The van der Waals surface area contributed by atoms with E-state index in [1.807, 2.05) is 19.1 Å². The lowest BCUT2D eigenvalue weighted by atomic mass is 9.90. The molecule has 156 valence electrons. The number of phenolic OH excluding ortho intramolecular Hbond substituents is 1. The third-order valence-electron chi connectivity index (χ3n) is 4.87. The molecule has 6 heteroatoms. The molecule has 0 fully saturated rings. The second-order valence-electron chi connectivity index (χ2n) is 7.20. The van der Waals surface area contributed by atoms with Crippen LogP contribution >= 0.6 is 23.2 Å². The Balaban J connectivity index is 1.86. The zero-order valence-electron chi connectivity index (χ0n) is 16.6. The van der Waals surface area contributed by atoms with Crippen molar-refractivity contribution in [3.8, 4) is 11.5 Å². The summed E-state index contributed by atoms with van der Waals surface area (Å²) < 4.78 is 18.6. The fourth-order valence-corrected chi connectivity index (χ4v) is 3.81. The van der Waals surface area contributed by atoms with Crippen molar-refractivity contribution in [3.63, 3.8) is 0 Å². The Morgan fingerprint density at radius 3 is 2.30 bits per heavy atom. The molecule has 0 aliphatic rings. The van der Waals surface area contributed by atoms with Gasteiger partial charge in [0.05, 0.1) is 0 Å². The Morgan fingerprint density at radius 1 is 1.07 bits per heavy atom. The van der Waals surface area contributed by atoms with Gasteiger partial charge in [-0.3, -0.25) is 4.79 Å². The number of ketones is 1. The number of benzene rings is 3. The minimum atomic E-state index is -0.302. The zero-order valence-corrected chi connectivity index (χ0v) is 18.1. The minimum absolute atomic E-state index is 0.0470. The van der Waals surface area contributed by atoms with Gasteiger partial charge in [0.15, 0.2) is 5.78 Å². The van der Waals surface area contributed by atoms with Gasteiger partial charge >= 0.3 is 0 Å². The van der Waals surface area contributed by atoms with Crippen molar-refractivity contribution in [1.29, 1.82) is 0 Å². The van der Waals surface area contributed by atoms with Crippen LogP contribution in [0.25, 0.3) is 0 Å². The van der Waals surface area contributed by atoms with Gasteiger partial charge in [-0.2, -0.15) is 0 Å². The molecule has 0 spiro atoms. The molecule has 0 radical (unpaired) electrons. The first-order valence-corrected chi connectivity index (χ1v) is 10.2. The fourth-order valence-electron chi connectivity index (χ4n) is 3.21. The van der Waals surface area contributed by atoms with E-state index in [0.717, 1.165) is 22.3 Å². The number of carbonyl (C=O) groups excluding carboxylic acids is 1. The van der Waals surface area contributed by atoms with Gasteiger partial charge in [0.25, 0.3) is 0 Å². The highest BCUT2D eigenvalue weighted by atomic mass is 35.5. The summed E-state index contributed by atoms with van der Waals surface area (Å²) in [5, 5.41) is 11.2. The SMILES string of the molecule is CC(=O)COc1cc(Cl)c(Cc2ccc(O)c([C@H](C)c3ccc(F)cc3)c2)c(Cl)c1. The molecule has 0 aliphatic carbocycles. The number of ether oxygens (including phenoxy) is 1. The zero-order chi connectivity index (χ0) is 21.8. The summed E-state index contributed by atoms with van der Waals surface area (Å²) in [4.78, 5) is 11.1. The molecule has 0 saturated carbocycles. The van der Waals surface area contributed by atoms with Gasteiger partial charge in [0.1, 0.15) is 23.9 Å². The number of Topliss-reactive ketones (excluding diaryl/α,β-unsaturated/α-hetero) is 1. The van der Waals surface area contributed by atoms with Gasteiger partial charge in [-0.15, -0.1) is 0 Å². The van der Waals surface area contributed by atoms with Crippen molar-refractivity contribution in [3.05, 3.63) is 92.7 Å². The normalized spacial score (nSPS) is 11.9. The van der Waals surface area contributed by atoms with Gasteiger partial charge in [0.2, 0.25) is 0 Å². The highest BCUT2D eigenvalue weighted by Crippen LogP contribution is 2.35. The molecule has 3 aromatic rings. The van der Waals surface area contributed by atoms with Crippen LogP contribution in [-0.2, 0) is 11.2 Å². The summed E-state index contributed by atoms with van der Waals surface area (Å²) in [6.07, 6.45) is 0.452. The van der Waals surface area contributed by atoms with Crippen molar-refractivity contribution < 1.29 is 19.0 Å². The highest BCUT2D eigenvalue weighted by molar-refractivity contribution is 6.36. The van der Waals surface area contributed by atoms with Gasteiger partial charge in [-0.05, 0) is 53.9 Å². The first kappa shape index (κ1) is 22.1. The van der Waals surface area contributed by atoms with E-state index in [4.69, 9.17) is 27.9 Å². The second kappa shape index (κ2) is 9.50. The maximum absolute atomic E-state index is 13.2. The molecule has 1 atom stereocenters. The summed E-state index contributed by atoms with van der Waals surface area (Å²) >= 11 is 12.8. The predicted octanol–water partition coefficient (Wildman–Crippen LogP) is 6.55. The minimum Gasteiger partial charge on any atom is -0.508 e. The molecule has 0 heterocycles. The summed E-state index contributed by atoms with van der Waals surface area (Å²) in [6, 6.07) is 14.8. The van der Waals surface area contributed by atoms with Crippen LogP contribution in [0.2, 0.25) is 10.0 Å². The molecule has 0 unspecified atom stereocenters. The van der Waals surface area contributed by atoms with E-state index < -0.39 is 0 Å². The molecule has 0 bridgehead atoms. The first-order chi connectivity index (χ1) is 14.2. The molecule has 0 aromatic heterocycles. The van der Waals surface area contributed by atoms with E-state index >= 15 is 0 Å². The maximum atomic E-state index is 13.2. The molecule has 30 heavy (non-hydrogen) atoms. The molecule has 1 N–H and O–H groups in total. The van der Waals surface area contributed by atoms with Gasteiger partial charge in [0, 0.05) is 27.9 Å². The van der Waals surface area contributed by atoms with E-state index in [2.05, 4.69) is 0 Å². The number of phenols is 1. The second-order valence-corrected chi connectivity index (χ2v) is 8.01. The third kappa shape index (κ3) is 5.32. The average molecular weight is 447 g/mol. The lowest BCUT2D eigenvalue weighted by Gasteiger charge is -2.16. The summed E-state index contributed by atoms with van der Waals surface area (Å²) in [6.45, 7) is 3.34. The summed E-state index contributed by atoms with van der Waals surface area (Å²) in [5.74, 6) is 0.0713. The monoisotopic (exact) mass is 446 g/mol. The highest BCUT2D eigenvalue weighted by Gasteiger charge is 2.16. The third-order valence-corrected chi connectivity index (χ3v) is 5.54. The molecule has 3 aromatic carbocycles. The van der Waals surface area contributed by atoms with E-state index in [1.54, 1.807) is 30.3 Å². The number of carbonyl (C=O) groups is 1. The summed E-state index contributed by atoms with van der Waals surface area (Å²) in [5.41, 5.74) is 3.26. The van der Waals surface area contributed by atoms with Gasteiger partial charge in [-0.25, -0.2) is 4.39 Å². The lowest BCUT2D eigenvalue weighted by molar-refractivity contribution is -0.118. The fraction of sp³-hybridized carbons (Fsp3) is 0.208. The van der Waals surface area contributed by atoms with Crippen LogP contribution in [0, 0.1) is 5.82 Å². The van der Waals surface area contributed by atoms with Crippen LogP contribution in [0.5, 0.6) is 11.5 Å². The van der Waals surface area contributed by atoms with Crippen molar-refractivity contribution in [1.82, 2.24) is 0 Å². The number of aromatic hydroxyl groups is 1. The average Bonchev–Trinajstić information content (AvgIpc) is 2.70. The molecular weight excluding hydrogens is 426 g/mol. The number of hydrogen-bond acceptors (Lipinski definition) is 3. The van der Waals surface area contributed by atoms with Crippen LogP contribution in [0.4, 0.5) is 4.39 Å². The van der Waals surface area contributed by atoms with Crippen molar-refractivity contribution in [2.75, 3.05) is 6.61 Å². The molecule has 0 saturated heterocycles. The van der Waals surface area contributed by atoms with Crippen molar-refractivity contribution in [2.24, 2.45) is 0 Å². The number of rotatable bonds is 7. The van der Waals surface area contributed by atoms with Crippen molar-refractivity contribution >= 4 is 29.0 Å². The Bertz CT molecular complexity index is 1040. The smallest absolute Gasteiger partial charge is 0.167 e. The quantitative estimate of drug-likeness (QED) is 0.447. The van der Waals surface area contributed by atoms with Crippen LogP contribution in [0.3, 0.4) is 0 Å². The molecule has 0 aliphatic heterocycles. The van der Waals surface area contributed by atoms with Gasteiger partial charge in [-0.1, -0.05) is 54.4 Å². The predicted molar refractivity (Wildman–Crippen MR) is 117 cm³/mol. The van der Waals surface area contributed by atoms with E-state index in [0.29, 0.717) is 22.2 Å². The van der Waals surface area contributed by atoms with E-state index in [9.17, 15) is 14.3 Å². The largest absolute Gasteiger partial charge is 0.508 e. The maximum Gasteiger partial charge on any atom is 0.167 e. The molecule has 3 rings (SSSR count). The Kier molecular flexibility index (Phi) is 7.01. The number of halogens is 3. The Labute approximate surface area is 185 Å². The Hall–Kier alpha value is -2.56. The molecule has 0 amide bonds. The van der Waals surface area contributed by atoms with E-state index in [1.165, 1.54) is 19.1 Å². The Morgan fingerprint density at radius 2 is 1.70 bits per heavy atom. The van der Waals surface area contributed by atoms with Crippen molar-refractivity contribution in [2.45, 2.75) is 26.2 Å². The van der Waals surface area contributed by atoms with Crippen LogP contribution in [0.1, 0.15) is 42.0 Å². The number of hydrogen-bond donors (Lipinski definition) is 1. The summed E-state index contributed by atoms with van der Waals surface area (Å²) in [7, 11) is 0. The molecular formula is C24H21Cl2FO3. The standard InChI is InChI=1S/C24H21Cl2FO3/c1-14(28)13-30-19-11-22(25)21(23(26)12-19)10-16-3-8-24(29)20(9-16)15(2)17-4-6-18(27)7-5-17/h3-9,11-12,15,29H,10,13H2,1-2H3/t15-/m1/s1. The topological polar surface area (TPSA) is 46.5 Å². The van der Waals surface area contributed by atoms with Gasteiger partial charge < -0.3 is 9.84 Å². The first-order valence-electron chi connectivity index (χ1n) is 9.42. The van der Waals surface area contributed by atoms with Crippen LogP contribution in [-0.4, -0.2) is 17.5 Å². The molecule has 3 nitrogen and oxygen atoms in total. The van der Waals surface area contributed by atoms with Crippen LogP contribution < -0.4 is 4.74 Å². The lowest BCUT2D eigenvalue weighted by Crippen LogP contribution is -2.06. The van der Waals surface area contributed by atoms with E-state index in [-0.39, 0.29) is 29.9 Å². The van der Waals surface area contributed by atoms with Crippen LogP contribution in [0.15, 0.2) is 54.6 Å².